The predicted octanol–water partition coefficient (Wildman–Crippen LogP) is 9.40. The molecule has 1 heteroatoms. The Morgan fingerprint density at radius 3 is 1.74 bits per heavy atom. The van der Waals surface area contributed by atoms with Crippen LogP contribution < -0.4 is 0 Å². The van der Waals surface area contributed by atoms with E-state index in [9.17, 15) is 0 Å². The lowest BCUT2D eigenvalue weighted by Crippen LogP contribution is -1.94. The number of rotatable bonds is 1. The van der Waals surface area contributed by atoms with Crippen molar-refractivity contribution in [1.82, 2.24) is 4.57 Å². The van der Waals surface area contributed by atoms with Crippen LogP contribution in [0.1, 0.15) is 0 Å². The fourth-order valence-electron chi connectivity index (χ4n) is 6.02. The minimum absolute atomic E-state index is 1.19. The molecule has 0 N–H and O–H groups in total. The van der Waals surface area contributed by atoms with Gasteiger partial charge in [-0.05, 0) is 68.0 Å². The van der Waals surface area contributed by atoms with Gasteiger partial charge in [0.15, 0.2) is 0 Å². The fourth-order valence-corrected chi connectivity index (χ4v) is 6.02. The van der Waals surface area contributed by atoms with Gasteiger partial charge in [0.25, 0.3) is 0 Å². The molecule has 8 rings (SSSR count). The van der Waals surface area contributed by atoms with E-state index in [0.29, 0.717) is 0 Å². The second-order valence-electron chi connectivity index (χ2n) is 9.37. The van der Waals surface area contributed by atoms with E-state index in [-0.39, 0.29) is 0 Å². The Morgan fingerprint density at radius 2 is 0.971 bits per heavy atom. The molecule has 0 fully saturated rings. The van der Waals surface area contributed by atoms with Crippen LogP contribution in [-0.4, -0.2) is 4.57 Å². The van der Waals surface area contributed by atoms with Gasteiger partial charge < -0.3 is 4.57 Å². The highest BCUT2D eigenvalue weighted by Crippen LogP contribution is 2.45. The third kappa shape index (κ3) is 2.53. The van der Waals surface area contributed by atoms with Crippen LogP contribution in [0.25, 0.3) is 70.6 Å². The van der Waals surface area contributed by atoms with E-state index in [1.807, 2.05) is 0 Å². The molecule has 0 spiro atoms. The van der Waals surface area contributed by atoms with Gasteiger partial charge in [-0.15, -0.1) is 0 Å². The molecule has 0 amide bonds. The molecule has 0 atom stereocenters. The van der Waals surface area contributed by atoms with E-state index in [1.54, 1.807) is 0 Å². The number of benzene rings is 7. The van der Waals surface area contributed by atoms with Gasteiger partial charge >= 0.3 is 0 Å². The average molecular weight is 444 g/mol. The molecule has 0 radical (unpaired) electrons. The van der Waals surface area contributed by atoms with Gasteiger partial charge in [-0.25, -0.2) is 0 Å². The fraction of sp³-hybridized carbons (Fsp3) is 0. The zero-order valence-electron chi connectivity index (χ0n) is 19.1. The SMILES string of the molecule is c1ccc(-n2c3ccc4ccccc4c3c3c4ccccc4c4cc5ccccc5cc4c32)cc1. The third-order valence-corrected chi connectivity index (χ3v) is 7.50. The largest absolute Gasteiger partial charge is 0.309 e. The van der Waals surface area contributed by atoms with Crippen molar-refractivity contribution in [1.29, 1.82) is 0 Å². The van der Waals surface area contributed by atoms with E-state index >= 15 is 0 Å². The van der Waals surface area contributed by atoms with Crippen LogP contribution in [0.5, 0.6) is 0 Å². The van der Waals surface area contributed by atoms with E-state index in [0.717, 1.165) is 0 Å². The first kappa shape index (κ1) is 18.8. The Hall–Kier alpha value is -4.62. The summed E-state index contributed by atoms with van der Waals surface area (Å²) in [7, 11) is 0. The summed E-state index contributed by atoms with van der Waals surface area (Å²) in [4.78, 5) is 0. The third-order valence-electron chi connectivity index (χ3n) is 7.50. The Kier molecular flexibility index (Phi) is 3.72. The highest BCUT2D eigenvalue weighted by molar-refractivity contribution is 6.36. The second-order valence-corrected chi connectivity index (χ2v) is 9.37. The van der Waals surface area contributed by atoms with Gasteiger partial charge in [0, 0.05) is 21.8 Å². The van der Waals surface area contributed by atoms with Crippen LogP contribution in [0.2, 0.25) is 0 Å². The molecular formula is C34H21N. The van der Waals surface area contributed by atoms with Crippen LogP contribution in [0.4, 0.5) is 0 Å². The first-order chi connectivity index (χ1) is 17.4. The molecule has 0 aliphatic rings. The standard InChI is InChI=1S/C34H21N/c1-2-13-25(14-3-1)35-31-19-18-22-10-6-7-15-26(22)32(31)33-28-17-9-8-16-27(28)29-20-23-11-4-5-12-24(23)21-30(29)34(33)35/h1-21H. The molecule has 0 aliphatic heterocycles. The molecule has 35 heavy (non-hydrogen) atoms. The molecule has 8 aromatic rings. The summed E-state index contributed by atoms with van der Waals surface area (Å²) in [5.41, 5.74) is 3.71. The van der Waals surface area contributed by atoms with Crippen LogP contribution in [0, 0.1) is 0 Å². The molecular weight excluding hydrogens is 422 g/mol. The van der Waals surface area contributed by atoms with Crippen molar-refractivity contribution in [2.24, 2.45) is 0 Å². The van der Waals surface area contributed by atoms with Gasteiger partial charge in [-0.1, -0.05) is 97.1 Å². The maximum absolute atomic E-state index is 2.47. The average Bonchev–Trinajstić information content (AvgIpc) is 3.29. The minimum Gasteiger partial charge on any atom is -0.309 e. The number of hydrogen-bond donors (Lipinski definition) is 0. The topological polar surface area (TPSA) is 4.93 Å². The van der Waals surface area contributed by atoms with Crippen molar-refractivity contribution in [2.75, 3.05) is 0 Å². The highest BCUT2D eigenvalue weighted by Gasteiger charge is 2.20. The summed E-state index contributed by atoms with van der Waals surface area (Å²) in [5, 5.41) is 13.0. The summed E-state index contributed by atoms with van der Waals surface area (Å²) < 4.78 is 2.47. The predicted molar refractivity (Wildman–Crippen MR) is 151 cm³/mol. The molecule has 0 saturated carbocycles. The molecule has 0 aliphatic carbocycles. The maximum atomic E-state index is 2.47. The highest BCUT2D eigenvalue weighted by atomic mass is 15.0. The lowest BCUT2D eigenvalue weighted by Gasteiger charge is -2.13. The second kappa shape index (κ2) is 6.94. The lowest BCUT2D eigenvalue weighted by atomic mass is 9.93. The Balaban J connectivity index is 1.77. The van der Waals surface area contributed by atoms with Gasteiger partial charge in [0.05, 0.1) is 11.0 Å². The smallest absolute Gasteiger partial charge is 0.0626 e. The molecule has 1 aromatic heterocycles. The van der Waals surface area contributed by atoms with Crippen LogP contribution in [0.3, 0.4) is 0 Å². The quantitative estimate of drug-likeness (QED) is 0.176. The molecule has 0 saturated heterocycles. The van der Waals surface area contributed by atoms with Gasteiger partial charge in [-0.3, -0.25) is 0 Å². The Morgan fingerprint density at radius 1 is 0.371 bits per heavy atom. The summed E-state index contributed by atoms with van der Waals surface area (Å²) in [6.07, 6.45) is 0. The minimum atomic E-state index is 1.19. The number of fused-ring (bicyclic) bond motifs is 11. The zero-order chi connectivity index (χ0) is 22.9. The molecule has 1 nitrogen and oxygen atoms in total. The molecule has 162 valence electrons. The van der Waals surface area contributed by atoms with Crippen LogP contribution in [-0.2, 0) is 0 Å². The lowest BCUT2D eigenvalue weighted by molar-refractivity contribution is 1.19. The van der Waals surface area contributed by atoms with Crippen molar-refractivity contribution < 1.29 is 0 Å². The number of nitrogens with zero attached hydrogens (tertiary/aromatic N) is 1. The van der Waals surface area contributed by atoms with Gasteiger partial charge in [0.1, 0.15) is 0 Å². The Labute approximate surface area is 202 Å². The molecule has 7 aromatic carbocycles. The molecule has 0 bridgehead atoms. The zero-order valence-corrected chi connectivity index (χ0v) is 19.1. The number of hydrogen-bond acceptors (Lipinski definition) is 0. The maximum Gasteiger partial charge on any atom is 0.0626 e. The summed E-state index contributed by atoms with van der Waals surface area (Å²) in [6.45, 7) is 0. The van der Waals surface area contributed by atoms with Crippen molar-refractivity contribution in [3.05, 3.63) is 127 Å². The van der Waals surface area contributed by atoms with Crippen molar-refractivity contribution >= 4 is 64.9 Å². The molecule has 1 heterocycles. The first-order valence-electron chi connectivity index (χ1n) is 12.1. The summed E-state index contributed by atoms with van der Waals surface area (Å²) >= 11 is 0. The van der Waals surface area contributed by atoms with Crippen molar-refractivity contribution in [2.45, 2.75) is 0 Å². The van der Waals surface area contributed by atoms with E-state index < -0.39 is 0 Å². The van der Waals surface area contributed by atoms with E-state index in [2.05, 4.69) is 132 Å². The van der Waals surface area contributed by atoms with Crippen molar-refractivity contribution in [3.63, 3.8) is 0 Å². The van der Waals surface area contributed by atoms with E-state index in [1.165, 1.54) is 70.6 Å². The summed E-state index contributed by atoms with van der Waals surface area (Å²) in [6, 6.07) is 46.5. The summed E-state index contributed by atoms with van der Waals surface area (Å²) in [5.74, 6) is 0. The number of aromatic nitrogens is 1. The first-order valence-corrected chi connectivity index (χ1v) is 12.1. The van der Waals surface area contributed by atoms with E-state index in [4.69, 9.17) is 0 Å². The monoisotopic (exact) mass is 443 g/mol. The van der Waals surface area contributed by atoms with Gasteiger partial charge in [0.2, 0.25) is 0 Å². The van der Waals surface area contributed by atoms with Crippen LogP contribution >= 0.6 is 0 Å². The normalized spacial score (nSPS) is 12.0. The van der Waals surface area contributed by atoms with Crippen molar-refractivity contribution in [3.8, 4) is 5.69 Å². The van der Waals surface area contributed by atoms with Gasteiger partial charge in [-0.2, -0.15) is 0 Å². The Bertz CT molecular complexity index is 2100. The van der Waals surface area contributed by atoms with Crippen LogP contribution in [0.15, 0.2) is 127 Å². The molecule has 0 unspecified atom stereocenters. The number of para-hydroxylation sites is 1.